The van der Waals surface area contributed by atoms with E-state index in [2.05, 4.69) is 31.9 Å². The van der Waals surface area contributed by atoms with Crippen LogP contribution in [-0.2, 0) is 73.5 Å². The predicted octanol–water partition coefficient (Wildman–Crippen LogP) is 5.78. The number of anilines is 1. The van der Waals surface area contributed by atoms with Gasteiger partial charge in [0, 0.05) is 97.8 Å². The number of benzene rings is 2. The minimum absolute atomic E-state index is 0.0162. The molecule has 2 heterocycles. The molecule has 0 radical (unpaired) electrons. The van der Waals surface area contributed by atoms with Crippen molar-refractivity contribution in [2.45, 2.75) is 212 Å². The van der Waals surface area contributed by atoms with E-state index in [4.69, 9.17) is 29.4 Å². The molecule has 2 aliphatic heterocycles. The Bertz CT molecular complexity index is 3670. The number of Topliss-reactive ketones (excluding diaryl/α,β-unsaturated/α-hetero) is 1. The van der Waals surface area contributed by atoms with Crippen molar-refractivity contribution in [1.82, 2.24) is 56.0 Å². The Morgan fingerprint density at radius 3 is 1.97 bits per heavy atom. The molecule has 13 amide bonds. The lowest BCUT2D eigenvalue weighted by molar-refractivity contribution is -0.148. The number of nitrogens with two attached hydrogens (primary N) is 1. The smallest absolute Gasteiger partial charge is 0.409 e. The molecule has 642 valence electrons. The summed E-state index contributed by atoms with van der Waals surface area (Å²) in [7, 11) is 12.2. The maximum absolute atomic E-state index is 15.1. The number of hydrogen-bond acceptors (Lipinski definition) is 21. The number of carbonyl (C=O) groups is 14. The van der Waals surface area contributed by atoms with Gasteiger partial charge in [-0.1, -0.05) is 87.3 Å². The molecule has 2 aromatic carbocycles. The van der Waals surface area contributed by atoms with Crippen LogP contribution < -0.4 is 42.4 Å². The van der Waals surface area contributed by atoms with Gasteiger partial charge in [-0.15, -0.1) is 11.8 Å². The van der Waals surface area contributed by atoms with E-state index in [0.29, 0.717) is 42.7 Å². The number of amides is 13. The first-order valence-corrected chi connectivity index (χ1v) is 40.5. The molecule has 0 spiro atoms. The molecule has 1 unspecified atom stereocenters. The summed E-state index contributed by atoms with van der Waals surface area (Å²) in [6.07, 6.45) is -0.996. The number of carboxylic acids is 1. The lowest BCUT2D eigenvalue weighted by atomic mass is 9.89. The van der Waals surface area contributed by atoms with Crippen LogP contribution in [0.2, 0.25) is 0 Å². The van der Waals surface area contributed by atoms with Crippen molar-refractivity contribution in [2.24, 2.45) is 40.7 Å². The number of carboxylic acid groups (broad SMARTS) is 1. The SMILES string of the molecule is CC[C@H](C)[C@@H]([C@@H](CC(=O)N1C[C@@H](OC(=O)N(C)CCN(C)C(=O)OCc2ccc(NC(=O)[C@H](CCCNC(N)=O)NC(=O)[C@@H](NC(=O)CCCCCN3C(=O)CC(SCC4(CC(=O)O)CC4)C3=O)C(C)C)cc2)C[C@H]1[C@H](OC)[C@@H](C)C(=O)NCC(=O)c1ccc(OC)c(F)c1)OC)N(C)C(=O)[C@@H](NC(=O)[C@H](C(C)C)N(C)C)C(C)C. The number of rotatable bonds is 48. The van der Waals surface area contributed by atoms with E-state index < -0.39 is 144 Å². The number of likely N-dealkylation sites (N-methyl/N-ethyl adjacent to an activating group) is 4. The monoisotopic (exact) mass is 1640 g/mol. The quantitative estimate of drug-likeness (QED) is 0.0221. The number of ether oxygens (including phenoxy) is 5. The minimum atomic E-state index is -1.15. The topological polar surface area (TPSA) is 423 Å². The number of hydrogen-bond donors (Lipinski definition) is 8. The van der Waals surface area contributed by atoms with Gasteiger partial charge in [-0.25, -0.2) is 18.8 Å². The van der Waals surface area contributed by atoms with Crippen molar-refractivity contribution in [3.05, 3.63) is 59.4 Å². The first kappa shape index (κ1) is 96.4. The number of urea groups is 1. The fourth-order valence-electron chi connectivity index (χ4n) is 14.4. The van der Waals surface area contributed by atoms with E-state index in [1.807, 2.05) is 41.5 Å². The zero-order chi connectivity index (χ0) is 85.9. The fourth-order valence-corrected chi connectivity index (χ4v) is 15.8. The molecule has 1 aliphatic carbocycles. The molecule has 35 heteroatoms. The molecule has 9 N–H and O–H groups in total. The molecule has 0 bridgehead atoms. The van der Waals surface area contributed by atoms with Crippen molar-refractivity contribution in [3.63, 3.8) is 0 Å². The summed E-state index contributed by atoms with van der Waals surface area (Å²) in [5.74, 6) is -8.02. The van der Waals surface area contributed by atoms with E-state index in [-0.39, 0.29) is 142 Å². The summed E-state index contributed by atoms with van der Waals surface area (Å²) < 4.78 is 43.4. The molecule has 5 rings (SSSR count). The van der Waals surface area contributed by atoms with Gasteiger partial charge < -0.3 is 86.0 Å². The second-order valence-corrected chi connectivity index (χ2v) is 32.8. The van der Waals surface area contributed by atoms with Crippen LogP contribution in [0.15, 0.2) is 42.5 Å². The molecule has 2 saturated heterocycles. The first-order valence-electron chi connectivity index (χ1n) is 39.5. The number of imide groups is 1. The van der Waals surface area contributed by atoms with E-state index >= 15 is 4.79 Å². The molecule has 1 saturated carbocycles. The molecular formula is C80H124FN13O20S. The van der Waals surface area contributed by atoms with Crippen molar-refractivity contribution in [1.29, 1.82) is 0 Å². The molecule has 33 nitrogen and oxygen atoms in total. The third-order valence-corrected chi connectivity index (χ3v) is 23.1. The summed E-state index contributed by atoms with van der Waals surface area (Å²) in [6, 6.07) is 3.90. The lowest BCUT2D eigenvalue weighted by Gasteiger charge is -2.41. The lowest BCUT2D eigenvalue weighted by Crippen LogP contribution is -2.59. The van der Waals surface area contributed by atoms with Crippen LogP contribution in [0.5, 0.6) is 5.75 Å². The van der Waals surface area contributed by atoms with Gasteiger partial charge >= 0.3 is 24.2 Å². The second-order valence-electron chi connectivity index (χ2n) is 31.7. The number of thioether (sulfide) groups is 1. The highest BCUT2D eigenvalue weighted by atomic mass is 32.2. The second kappa shape index (κ2) is 45.9. The highest BCUT2D eigenvalue weighted by Crippen LogP contribution is 2.52. The standard InChI is InChI=1S/C80H124FN13O20S/c1-18-49(8)69(92(14)76(106)67(47(4)5)88-74(104)68(48(6)7)89(10)11)60(111-16)39-63(97)94-43-54(38-57(94)70(112-17)50(9)71(101)84-42-58(95)52-27-30-59(110-15)55(81)37-52)114-79(109)91(13)36-35-90(12)78(108)113-44-51-25-28-53(29-26-51)85-72(102)56(23-22-33-83-77(82)107)86-73(103)66(46(2)3)87-62(96)24-20-19-21-34-93-64(98)40-61(75(93)105)115-45-80(31-32-80)41-65(99)100/h25-30,37,46-50,54,56-57,60-61,66-70H,18-24,31-36,38-45H2,1-17H3,(H,84,101)(H,85,102)(H,86,103)(H,87,96)(H,88,104)(H,99,100)(H3,82,83,107)/t49-,50+,54-,56-,57-,60+,61?,66-,67-,68-,69-,70+/m0/s1. The van der Waals surface area contributed by atoms with E-state index in [1.165, 1.54) is 83.8 Å². The Kier molecular flexibility index (Phi) is 38.5. The van der Waals surface area contributed by atoms with Crippen LogP contribution in [0.3, 0.4) is 0 Å². The highest BCUT2D eigenvalue weighted by molar-refractivity contribution is 8.00. The van der Waals surface area contributed by atoms with Crippen molar-refractivity contribution >= 4 is 101 Å². The number of ketones is 1. The van der Waals surface area contributed by atoms with Crippen LogP contribution in [0.4, 0.5) is 24.5 Å². The van der Waals surface area contributed by atoms with Gasteiger partial charge in [-0.05, 0) is 118 Å². The number of halogens is 1. The summed E-state index contributed by atoms with van der Waals surface area (Å²) in [5, 5.41) is 25.1. The number of unbranched alkanes of at least 4 members (excludes halogenated alkanes) is 2. The number of primary amides is 1. The minimum Gasteiger partial charge on any atom is -0.494 e. The van der Waals surface area contributed by atoms with Gasteiger partial charge in [-0.3, -0.25) is 62.5 Å². The average Bonchev–Trinajstić information content (AvgIpc) is 1.67. The molecule has 0 aromatic heterocycles. The third kappa shape index (κ3) is 28.9. The van der Waals surface area contributed by atoms with E-state index in [0.717, 1.165) is 18.9 Å². The summed E-state index contributed by atoms with van der Waals surface area (Å²) in [6.45, 7) is 15.7. The first-order chi connectivity index (χ1) is 54.2. The molecular weight excluding hydrogens is 1510 g/mol. The van der Waals surface area contributed by atoms with Gasteiger partial charge in [0.1, 0.15) is 30.8 Å². The molecule has 12 atom stereocenters. The average molecular weight is 1640 g/mol. The van der Waals surface area contributed by atoms with Crippen molar-refractivity contribution in [2.75, 3.05) is 107 Å². The number of carbonyl (C=O) groups excluding carboxylic acids is 13. The summed E-state index contributed by atoms with van der Waals surface area (Å²) >= 11 is 1.34. The van der Waals surface area contributed by atoms with Crippen LogP contribution in [0, 0.1) is 40.8 Å². The normalized spacial score (nSPS) is 18.1. The summed E-state index contributed by atoms with van der Waals surface area (Å²) in [4.78, 5) is 196. The van der Waals surface area contributed by atoms with Crippen LogP contribution in [0.1, 0.15) is 162 Å². The number of nitrogens with one attached hydrogen (secondary N) is 6. The molecule has 115 heavy (non-hydrogen) atoms. The number of aliphatic carboxylic acids is 1. The zero-order valence-electron chi connectivity index (χ0n) is 69.8. The largest absolute Gasteiger partial charge is 0.494 e. The van der Waals surface area contributed by atoms with Crippen LogP contribution in [-0.4, -0.2) is 279 Å². The van der Waals surface area contributed by atoms with Crippen LogP contribution >= 0.6 is 11.8 Å². The Balaban J connectivity index is 1.19. The Labute approximate surface area is 678 Å². The summed E-state index contributed by atoms with van der Waals surface area (Å²) in [5.41, 5.74) is 5.77. The van der Waals surface area contributed by atoms with Crippen molar-refractivity contribution in [3.8, 4) is 5.75 Å². The third-order valence-electron chi connectivity index (χ3n) is 21.5. The van der Waals surface area contributed by atoms with Gasteiger partial charge in [0.05, 0.1) is 74.5 Å². The Hall–Kier alpha value is -9.22. The number of methoxy groups -OCH3 is 3. The Morgan fingerprint density at radius 2 is 1.40 bits per heavy atom. The Morgan fingerprint density at radius 1 is 0.748 bits per heavy atom. The molecule has 2 aromatic rings. The predicted molar refractivity (Wildman–Crippen MR) is 427 cm³/mol. The maximum atomic E-state index is 15.1. The molecule has 3 aliphatic rings. The van der Waals surface area contributed by atoms with Crippen molar-refractivity contribution < 1.29 is 100 Å². The van der Waals surface area contributed by atoms with Gasteiger partial charge in [-0.2, -0.15) is 0 Å². The fraction of sp³-hybridized carbons (Fsp3) is 0.675. The van der Waals surface area contributed by atoms with Gasteiger partial charge in [0.25, 0.3) is 0 Å². The number of nitrogens with zero attached hydrogens (tertiary/aromatic N) is 6. The maximum Gasteiger partial charge on any atom is 0.409 e. The van der Waals surface area contributed by atoms with E-state index in [9.17, 15) is 71.8 Å². The number of likely N-dealkylation sites (tertiary alicyclic amines) is 2. The van der Waals surface area contributed by atoms with Crippen LogP contribution in [0.25, 0.3) is 0 Å². The highest BCUT2D eigenvalue weighted by Gasteiger charge is 2.49. The van der Waals surface area contributed by atoms with Gasteiger partial charge in [0.2, 0.25) is 53.2 Å². The molecule has 3 fully saturated rings. The van der Waals surface area contributed by atoms with Gasteiger partial charge in [0.15, 0.2) is 17.3 Å². The zero-order valence-corrected chi connectivity index (χ0v) is 70.6. The van der Waals surface area contributed by atoms with E-state index in [1.54, 1.807) is 71.1 Å².